The van der Waals surface area contributed by atoms with Crippen LogP contribution in [0.3, 0.4) is 0 Å². The highest BCUT2D eigenvalue weighted by Crippen LogP contribution is 2.27. The van der Waals surface area contributed by atoms with Gasteiger partial charge in [0.1, 0.15) is 6.10 Å². The highest BCUT2D eigenvalue weighted by molar-refractivity contribution is 5.70. The van der Waals surface area contributed by atoms with E-state index in [1.165, 1.54) is 0 Å². The molecule has 2 rings (SSSR count). The lowest BCUT2D eigenvalue weighted by molar-refractivity contribution is -0.249. The van der Waals surface area contributed by atoms with Crippen molar-refractivity contribution in [3.63, 3.8) is 0 Å². The van der Waals surface area contributed by atoms with Gasteiger partial charge in [-0.25, -0.2) is 0 Å². The number of carbonyl (C=O) groups is 1. The van der Waals surface area contributed by atoms with Crippen LogP contribution in [0.1, 0.15) is 37.9 Å². The summed E-state index contributed by atoms with van der Waals surface area (Å²) in [6, 6.07) is 9.36. The van der Waals surface area contributed by atoms with E-state index < -0.39 is 17.9 Å². The Morgan fingerprint density at radius 2 is 2.20 bits per heavy atom. The Bertz CT molecular complexity index is 447. The van der Waals surface area contributed by atoms with Crippen molar-refractivity contribution in [2.24, 2.45) is 0 Å². The van der Waals surface area contributed by atoms with Crippen LogP contribution in [0.15, 0.2) is 30.3 Å². The van der Waals surface area contributed by atoms with Gasteiger partial charge >= 0.3 is 5.97 Å². The standard InChI is InChI=1S/C15H20O5/c1-11(12-5-3-2-4-6-12)20-14(17)10-15(18)9-13(16)7-8-19-15/h2-6,11,13,16,18H,7-10H2,1H3/t11-,13+,15+/m1/s1. The van der Waals surface area contributed by atoms with Gasteiger partial charge in [0, 0.05) is 6.42 Å². The van der Waals surface area contributed by atoms with Crippen LogP contribution in [0.5, 0.6) is 0 Å². The maximum Gasteiger partial charge on any atom is 0.311 e. The van der Waals surface area contributed by atoms with Crippen LogP contribution < -0.4 is 0 Å². The van der Waals surface area contributed by atoms with Crippen molar-refractivity contribution in [1.29, 1.82) is 0 Å². The number of benzene rings is 1. The molecule has 0 saturated carbocycles. The molecule has 1 aromatic rings. The first-order valence-electron chi connectivity index (χ1n) is 6.77. The average Bonchev–Trinajstić information content (AvgIpc) is 2.38. The van der Waals surface area contributed by atoms with Gasteiger partial charge < -0.3 is 19.7 Å². The number of rotatable bonds is 4. The summed E-state index contributed by atoms with van der Waals surface area (Å²) in [5, 5.41) is 19.6. The Kier molecular flexibility index (Phi) is 4.75. The molecular formula is C15H20O5. The fourth-order valence-electron chi connectivity index (χ4n) is 2.29. The third-order valence-electron chi connectivity index (χ3n) is 3.37. The molecule has 2 N–H and O–H groups in total. The molecule has 1 fully saturated rings. The summed E-state index contributed by atoms with van der Waals surface area (Å²) in [6.07, 6.45) is -0.810. The number of aliphatic hydroxyl groups excluding tert-OH is 1. The minimum atomic E-state index is -1.62. The van der Waals surface area contributed by atoms with Gasteiger partial charge in [-0.3, -0.25) is 4.79 Å². The Hall–Kier alpha value is -1.43. The molecule has 5 nitrogen and oxygen atoms in total. The van der Waals surface area contributed by atoms with Gasteiger partial charge in [-0.1, -0.05) is 30.3 Å². The predicted molar refractivity (Wildman–Crippen MR) is 71.7 cm³/mol. The minimum Gasteiger partial charge on any atom is -0.458 e. The fourth-order valence-corrected chi connectivity index (χ4v) is 2.29. The molecule has 5 heteroatoms. The molecule has 110 valence electrons. The number of hydrogen-bond acceptors (Lipinski definition) is 5. The van der Waals surface area contributed by atoms with E-state index in [0.29, 0.717) is 6.42 Å². The summed E-state index contributed by atoms with van der Waals surface area (Å²) in [5.41, 5.74) is 0.887. The summed E-state index contributed by atoms with van der Waals surface area (Å²) >= 11 is 0. The summed E-state index contributed by atoms with van der Waals surface area (Å²) in [6.45, 7) is 2.01. The Balaban J connectivity index is 1.89. The first kappa shape index (κ1) is 15.0. The van der Waals surface area contributed by atoms with Crippen molar-refractivity contribution >= 4 is 5.97 Å². The highest BCUT2D eigenvalue weighted by Gasteiger charge is 2.37. The van der Waals surface area contributed by atoms with Gasteiger partial charge in [-0.15, -0.1) is 0 Å². The van der Waals surface area contributed by atoms with E-state index in [1.54, 1.807) is 6.92 Å². The molecule has 3 atom stereocenters. The summed E-state index contributed by atoms with van der Waals surface area (Å²) in [4.78, 5) is 11.9. The molecule has 0 aromatic heterocycles. The lowest BCUT2D eigenvalue weighted by atomic mass is 10.00. The Labute approximate surface area is 118 Å². The molecule has 1 aliphatic heterocycles. The number of esters is 1. The average molecular weight is 280 g/mol. The van der Waals surface area contributed by atoms with Gasteiger partial charge in [0.05, 0.1) is 19.1 Å². The Morgan fingerprint density at radius 3 is 2.85 bits per heavy atom. The number of hydrogen-bond donors (Lipinski definition) is 2. The number of carbonyl (C=O) groups excluding carboxylic acids is 1. The zero-order valence-electron chi connectivity index (χ0n) is 11.5. The van der Waals surface area contributed by atoms with E-state index >= 15 is 0 Å². The van der Waals surface area contributed by atoms with Crippen LogP contribution >= 0.6 is 0 Å². The quantitative estimate of drug-likeness (QED) is 0.818. The first-order valence-corrected chi connectivity index (χ1v) is 6.77. The highest BCUT2D eigenvalue weighted by atomic mass is 16.6. The maximum atomic E-state index is 11.9. The lowest BCUT2D eigenvalue weighted by Gasteiger charge is -2.34. The third-order valence-corrected chi connectivity index (χ3v) is 3.37. The van der Waals surface area contributed by atoms with E-state index in [0.717, 1.165) is 5.56 Å². The number of aliphatic hydroxyl groups is 2. The topological polar surface area (TPSA) is 76.0 Å². The van der Waals surface area contributed by atoms with Gasteiger partial charge in [0.15, 0.2) is 5.79 Å². The maximum absolute atomic E-state index is 11.9. The molecule has 0 bridgehead atoms. The molecule has 20 heavy (non-hydrogen) atoms. The monoisotopic (exact) mass is 280 g/mol. The Morgan fingerprint density at radius 1 is 1.50 bits per heavy atom. The molecule has 0 radical (unpaired) electrons. The van der Waals surface area contributed by atoms with Crippen molar-refractivity contribution < 1.29 is 24.5 Å². The van der Waals surface area contributed by atoms with Crippen molar-refractivity contribution in [3.8, 4) is 0 Å². The normalized spacial score (nSPS) is 27.9. The molecular weight excluding hydrogens is 260 g/mol. The molecule has 1 aliphatic rings. The second-order valence-corrected chi connectivity index (χ2v) is 5.16. The van der Waals surface area contributed by atoms with Crippen molar-refractivity contribution in [3.05, 3.63) is 35.9 Å². The first-order chi connectivity index (χ1) is 9.48. The third kappa shape index (κ3) is 4.03. The fraction of sp³-hybridized carbons (Fsp3) is 0.533. The summed E-state index contributed by atoms with van der Waals surface area (Å²) < 4.78 is 10.5. The van der Waals surface area contributed by atoms with Crippen LogP contribution in [0.4, 0.5) is 0 Å². The predicted octanol–water partition coefficient (Wildman–Crippen LogP) is 1.54. The SMILES string of the molecule is C[C@@H](OC(=O)C[C@]1(O)C[C@@H](O)CCO1)c1ccccc1. The zero-order chi connectivity index (χ0) is 14.6. The number of ether oxygens (including phenoxy) is 2. The molecule has 0 amide bonds. The van der Waals surface area contributed by atoms with Crippen molar-refractivity contribution in [2.75, 3.05) is 6.61 Å². The van der Waals surface area contributed by atoms with Crippen LogP contribution in [0.2, 0.25) is 0 Å². The summed E-state index contributed by atoms with van der Waals surface area (Å²) in [7, 11) is 0. The molecule has 1 aromatic carbocycles. The van der Waals surface area contributed by atoms with Crippen LogP contribution in [0, 0.1) is 0 Å². The molecule has 0 unspecified atom stereocenters. The molecule has 0 aliphatic carbocycles. The molecule has 1 heterocycles. The van der Waals surface area contributed by atoms with Crippen LogP contribution in [-0.2, 0) is 14.3 Å². The van der Waals surface area contributed by atoms with Crippen LogP contribution in [0.25, 0.3) is 0 Å². The summed E-state index contributed by atoms with van der Waals surface area (Å²) in [5.74, 6) is -2.16. The van der Waals surface area contributed by atoms with Gasteiger partial charge in [-0.05, 0) is 18.9 Å². The van der Waals surface area contributed by atoms with E-state index in [2.05, 4.69) is 0 Å². The molecule has 1 saturated heterocycles. The van der Waals surface area contributed by atoms with E-state index in [4.69, 9.17) is 9.47 Å². The zero-order valence-corrected chi connectivity index (χ0v) is 11.5. The van der Waals surface area contributed by atoms with E-state index in [-0.39, 0.29) is 25.6 Å². The van der Waals surface area contributed by atoms with E-state index in [1.807, 2.05) is 30.3 Å². The van der Waals surface area contributed by atoms with Crippen molar-refractivity contribution in [1.82, 2.24) is 0 Å². The second-order valence-electron chi connectivity index (χ2n) is 5.16. The largest absolute Gasteiger partial charge is 0.458 e. The van der Waals surface area contributed by atoms with Gasteiger partial charge in [0.25, 0.3) is 0 Å². The van der Waals surface area contributed by atoms with E-state index in [9.17, 15) is 15.0 Å². The van der Waals surface area contributed by atoms with Crippen LogP contribution in [-0.4, -0.2) is 34.7 Å². The smallest absolute Gasteiger partial charge is 0.311 e. The van der Waals surface area contributed by atoms with Gasteiger partial charge in [-0.2, -0.15) is 0 Å². The molecule has 0 spiro atoms. The lowest BCUT2D eigenvalue weighted by Crippen LogP contribution is -2.43. The second kappa shape index (κ2) is 6.35. The van der Waals surface area contributed by atoms with Gasteiger partial charge in [0.2, 0.25) is 0 Å². The van der Waals surface area contributed by atoms with Crippen molar-refractivity contribution in [2.45, 2.75) is 44.2 Å². The minimum absolute atomic E-state index is 0.0296.